The van der Waals surface area contributed by atoms with Gasteiger partial charge in [-0.05, 0) is 55.9 Å². The monoisotopic (exact) mass is 222 g/mol. The number of hydrogen-bond acceptors (Lipinski definition) is 1. The van der Waals surface area contributed by atoms with Crippen LogP contribution in [0, 0.1) is 26.6 Å². The van der Waals surface area contributed by atoms with E-state index in [0.717, 1.165) is 5.56 Å². The van der Waals surface area contributed by atoms with Gasteiger partial charge < -0.3 is 5.11 Å². The maximum Gasteiger partial charge on any atom is 0.314 e. The Balaban J connectivity index is 2.67. The van der Waals surface area contributed by atoms with E-state index in [4.69, 9.17) is 0 Å². The van der Waals surface area contributed by atoms with Crippen molar-refractivity contribution in [2.45, 2.75) is 39.0 Å². The van der Waals surface area contributed by atoms with E-state index in [1.54, 1.807) is 19.9 Å². The summed E-state index contributed by atoms with van der Waals surface area (Å²) in [6.45, 7) is 5.24. The van der Waals surface area contributed by atoms with Gasteiger partial charge in [-0.15, -0.1) is 0 Å². The summed E-state index contributed by atoms with van der Waals surface area (Å²) in [5, 5.41) is 9.24. The zero-order valence-electron chi connectivity index (χ0n) is 9.72. The molecule has 2 rings (SSSR count). The third-order valence-corrected chi connectivity index (χ3v) is 3.52. The summed E-state index contributed by atoms with van der Waals surface area (Å²) in [6.07, 6.45) is 1.24. The van der Waals surface area contributed by atoms with Gasteiger partial charge in [-0.3, -0.25) is 4.79 Å². The van der Waals surface area contributed by atoms with E-state index in [0.29, 0.717) is 29.5 Å². The lowest BCUT2D eigenvalue weighted by Gasteiger charge is -2.18. The molecule has 0 heterocycles. The molecule has 0 aromatic heterocycles. The van der Waals surface area contributed by atoms with Crippen LogP contribution in [0.3, 0.4) is 0 Å². The highest BCUT2D eigenvalue weighted by Crippen LogP contribution is 2.51. The van der Waals surface area contributed by atoms with Gasteiger partial charge in [0.15, 0.2) is 0 Å². The number of halogens is 1. The molecule has 1 aliphatic rings. The molecule has 0 saturated heterocycles. The van der Waals surface area contributed by atoms with Gasteiger partial charge in [-0.25, -0.2) is 4.39 Å². The van der Waals surface area contributed by atoms with E-state index in [-0.39, 0.29) is 5.82 Å². The third-order valence-electron chi connectivity index (χ3n) is 3.52. The molecule has 0 atom stereocenters. The molecule has 0 unspecified atom stereocenters. The Morgan fingerprint density at radius 1 is 1.31 bits per heavy atom. The van der Waals surface area contributed by atoms with Gasteiger partial charge in [0, 0.05) is 0 Å². The summed E-state index contributed by atoms with van der Waals surface area (Å²) in [5.74, 6) is -1.10. The molecule has 0 amide bonds. The smallest absolute Gasteiger partial charge is 0.314 e. The molecule has 1 aromatic carbocycles. The molecule has 0 spiro atoms. The number of carbonyl (C=O) groups is 1. The van der Waals surface area contributed by atoms with Crippen molar-refractivity contribution in [2.24, 2.45) is 0 Å². The lowest BCUT2D eigenvalue weighted by atomic mass is 9.86. The minimum atomic E-state index is -0.832. The summed E-state index contributed by atoms with van der Waals surface area (Å²) in [7, 11) is 0. The first-order valence-corrected chi connectivity index (χ1v) is 5.40. The number of hydrogen-bond donors (Lipinski definition) is 1. The van der Waals surface area contributed by atoms with Crippen LogP contribution in [0.25, 0.3) is 0 Å². The SMILES string of the molecule is Cc1cc(C)c(C2(C(=O)O)CC2)c(C)c1F. The maximum absolute atomic E-state index is 13.8. The third kappa shape index (κ3) is 1.34. The lowest BCUT2D eigenvalue weighted by Crippen LogP contribution is -2.22. The fraction of sp³-hybridized carbons (Fsp3) is 0.462. The van der Waals surface area contributed by atoms with E-state index in [1.807, 2.05) is 6.92 Å². The summed E-state index contributed by atoms with van der Waals surface area (Å²) >= 11 is 0. The molecule has 16 heavy (non-hydrogen) atoms. The standard InChI is InChI=1S/C13H15FO2/c1-7-6-8(2)11(14)9(3)10(7)13(4-5-13)12(15)16/h6H,4-5H2,1-3H3,(H,15,16). The maximum atomic E-state index is 13.8. The predicted octanol–water partition coefficient (Wildman–Crippen LogP) is 2.87. The Hall–Kier alpha value is -1.38. The molecule has 0 aliphatic heterocycles. The molecule has 1 saturated carbocycles. The lowest BCUT2D eigenvalue weighted by molar-refractivity contribution is -0.140. The Morgan fingerprint density at radius 3 is 2.31 bits per heavy atom. The molecule has 0 radical (unpaired) electrons. The van der Waals surface area contributed by atoms with Crippen molar-refractivity contribution < 1.29 is 14.3 Å². The first kappa shape index (κ1) is 11.1. The number of benzene rings is 1. The van der Waals surface area contributed by atoms with Gasteiger partial charge >= 0.3 is 5.97 Å². The molecule has 1 aliphatic carbocycles. The number of carboxylic acid groups (broad SMARTS) is 1. The Labute approximate surface area is 94.1 Å². The number of aryl methyl sites for hydroxylation is 2. The second-order valence-corrected chi connectivity index (χ2v) is 4.71. The van der Waals surface area contributed by atoms with Crippen molar-refractivity contribution in [2.75, 3.05) is 0 Å². The second-order valence-electron chi connectivity index (χ2n) is 4.71. The summed E-state index contributed by atoms with van der Waals surface area (Å²) in [4.78, 5) is 11.3. The molecule has 3 heteroatoms. The Morgan fingerprint density at radius 2 is 1.88 bits per heavy atom. The molecular weight excluding hydrogens is 207 g/mol. The van der Waals surface area contributed by atoms with Gasteiger partial charge in [-0.2, -0.15) is 0 Å². The second kappa shape index (κ2) is 3.30. The quantitative estimate of drug-likeness (QED) is 0.835. The van der Waals surface area contributed by atoms with Crippen molar-refractivity contribution in [3.8, 4) is 0 Å². The van der Waals surface area contributed by atoms with Crippen molar-refractivity contribution in [3.63, 3.8) is 0 Å². The van der Waals surface area contributed by atoms with Gasteiger partial charge in [-0.1, -0.05) is 6.07 Å². The first-order chi connectivity index (χ1) is 7.40. The zero-order valence-corrected chi connectivity index (χ0v) is 9.72. The molecule has 86 valence electrons. The van der Waals surface area contributed by atoms with Crippen molar-refractivity contribution in [3.05, 3.63) is 34.1 Å². The average molecular weight is 222 g/mol. The van der Waals surface area contributed by atoms with Crippen LogP contribution in [0.1, 0.15) is 35.1 Å². The first-order valence-electron chi connectivity index (χ1n) is 5.40. The van der Waals surface area contributed by atoms with E-state index in [9.17, 15) is 14.3 Å². The fourth-order valence-electron chi connectivity index (χ4n) is 2.59. The van der Waals surface area contributed by atoms with Gasteiger partial charge in [0.2, 0.25) is 0 Å². The van der Waals surface area contributed by atoms with Crippen LogP contribution in [0.5, 0.6) is 0 Å². The molecule has 1 N–H and O–H groups in total. The van der Waals surface area contributed by atoms with Crippen LogP contribution in [-0.4, -0.2) is 11.1 Å². The van der Waals surface area contributed by atoms with E-state index >= 15 is 0 Å². The van der Waals surface area contributed by atoms with Crippen molar-refractivity contribution >= 4 is 5.97 Å². The average Bonchev–Trinajstić information content (AvgIpc) is 2.96. The summed E-state index contributed by atoms with van der Waals surface area (Å²) in [6, 6.07) is 1.74. The molecule has 1 aromatic rings. The predicted molar refractivity (Wildman–Crippen MR) is 59.2 cm³/mol. The molecule has 0 bridgehead atoms. The minimum absolute atomic E-state index is 0.270. The zero-order chi connectivity index (χ0) is 12.1. The van der Waals surface area contributed by atoms with Crippen molar-refractivity contribution in [1.82, 2.24) is 0 Å². The number of carboxylic acids is 1. The Kier molecular flexibility index (Phi) is 2.30. The van der Waals surface area contributed by atoms with Crippen LogP contribution in [0.2, 0.25) is 0 Å². The van der Waals surface area contributed by atoms with Crippen LogP contribution in [0.4, 0.5) is 4.39 Å². The molecular formula is C13H15FO2. The number of rotatable bonds is 2. The minimum Gasteiger partial charge on any atom is -0.481 e. The van der Waals surface area contributed by atoms with E-state index in [1.165, 1.54) is 0 Å². The van der Waals surface area contributed by atoms with E-state index < -0.39 is 11.4 Å². The van der Waals surface area contributed by atoms with Crippen LogP contribution >= 0.6 is 0 Å². The fourth-order valence-corrected chi connectivity index (χ4v) is 2.59. The van der Waals surface area contributed by atoms with Gasteiger partial charge in [0.1, 0.15) is 5.82 Å². The molecule has 2 nitrogen and oxygen atoms in total. The number of aliphatic carboxylic acids is 1. The molecule has 1 fully saturated rings. The topological polar surface area (TPSA) is 37.3 Å². The highest BCUT2D eigenvalue weighted by Gasteiger charge is 2.53. The Bertz CT molecular complexity index is 473. The highest BCUT2D eigenvalue weighted by atomic mass is 19.1. The normalized spacial score (nSPS) is 17.2. The van der Waals surface area contributed by atoms with Gasteiger partial charge in [0.05, 0.1) is 5.41 Å². The largest absolute Gasteiger partial charge is 0.481 e. The summed E-state index contributed by atoms with van der Waals surface area (Å²) in [5.41, 5.74) is 1.83. The van der Waals surface area contributed by atoms with Crippen LogP contribution in [-0.2, 0) is 10.2 Å². The summed E-state index contributed by atoms with van der Waals surface area (Å²) < 4.78 is 13.8. The van der Waals surface area contributed by atoms with Crippen molar-refractivity contribution in [1.29, 1.82) is 0 Å². The highest BCUT2D eigenvalue weighted by molar-refractivity contribution is 5.86. The van der Waals surface area contributed by atoms with Crippen LogP contribution < -0.4 is 0 Å². The van der Waals surface area contributed by atoms with E-state index in [2.05, 4.69) is 0 Å². The van der Waals surface area contributed by atoms with Gasteiger partial charge in [0.25, 0.3) is 0 Å². The van der Waals surface area contributed by atoms with Crippen LogP contribution in [0.15, 0.2) is 6.07 Å².